The summed E-state index contributed by atoms with van der Waals surface area (Å²) in [5, 5.41) is 2.94. The third kappa shape index (κ3) is 6.74. The normalized spacial score (nSPS) is 10.9. The molecule has 166 valence electrons. The smallest absolute Gasteiger partial charge is 0.219 e. The van der Waals surface area contributed by atoms with E-state index in [0.29, 0.717) is 13.0 Å². The van der Waals surface area contributed by atoms with Crippen LogP contribution in [0.25, 0.3) is 11.0 Å². The fraction of sp³-hybridized carbons (Fsp3) is 0.440. The Morgan fingerprint density at radius 3 is 2.71 bits per heavy atom. The first-order chi connectivity index (χ1) is 15.2. The molecule has 0 fully saturated rings. The maximum Gasteiger partial charge on any atom is 0.219 e. The van der Waals surface area contributed by atoms with Crippen molar-refractivity contribution in [3.8, 4) is 11.5 Å². The van der Waals surface area contributed by atoms with Crippen molar-refractivity contribution in [3.05, 3.63) is 54.4 Å². The average Bonchev–Trinajstić information content (AvgIpc) is 3.16. The fourth-order valence-electron chi connectivity index (χ4n) is 3.61. The number of carbonyl (C=O) groups excluding carboxylic acids is 1. The highest BCUT2D eigenvalue weighted by Crippen LogP contribution is 2.20. The Kier molecular flexibility index (Phi) is 8.76. The number of para-hydroxylation sites is 2. The Morgan fingerprint density at radius 1 is 1.03 bits per heavy atom. The molecule has 0 aliphatic rings. The molecule has 0 unspecified atom stereocenters. The highest BCUT2D eigenvalue weighted by Gasteiger charge is 2.10. The van der Waals surface area contributed by atoms with Gasteiger partial charge in [-0.05, 0) is 43.5 Å². The van der Waals surface area contributed by atoms with Crippen molar-refractivity contribution in [2.75, 3.05) is 20.3 Å². The van der Waals surface area contributed by atoms with Gasteiger partial charge in [0.15, 0.2) is 0 Å². The Hall–Kier alpha value is -3.02. The highest BCUT2D eigenvalue weighted by molar-refractivity contribution is 5.76. The van der Waals surface area contributed by atoms with E-state index in [1.165, 1.54) is 5.52 Å². The van der Waals surface area contributed by atoms with Crippen LogP contribution in [0.1, 0.15) is 44.9 Å². The Labute approximate surface area is 184 Å². The summed E-state index contributed by atoms with van der Waals surface area (Å²) in [6.07, 6.45) is 5.52. The molecule has 0 saturated heterocycles. The van der Waals surface area contributed by atoms with E-state index in [1.807, 2.05) is 37.3 Å². The zero-order chi connectivity index (χ0) is 21.9. The average molecular weight is 424 g/mol. The lowest BCUT2D eigenvalue weighted by molar-refractivity contribution is -0.120. The molecule has 2 aromatic carbocycles. The second-order valence-electron chi connectivity index (χ2n) is 7.56. The monoisotopic (exact) mass is 423 g/mol. The van der Waals surface area contributed by atoms with Crippen molar-refractivity contribution in [2.45, 2.75) is 52.0 Å². The van der Waals surface area contributed by atoms with Gasteiger partial charge in [-0.3, -0.25) is 4.79 Å². The highest BCUT2D eigenvalue weighted by atomic mass is 16.5. The predicted octanol–water partition coefficient (Wildman–Crippen LogP) is 4.75. The van der Waals surface area contributed by atoms with Crippen molar-refractivity contribution < 1.29 is 14.3 Å². The molecule has 0 spiro atoms. The van der Waals surface area contributed by atoms with Crippen molar-refractivity contribution in [2.24, 2.45) is 0 Å². The van der Waals surface area contributed by atoms with Gasteiger partial charge in [0.25, 0.3) is 0 Å². The van der Waals surface area contributed by atoms with E-state index >= 15 is 0 Å². The molecule has 31 heavy (non-hydrogen) atoms. The number of aromatic nitrogens is 2. The summed E-state index contributed by atoms with van der Waals surface area (Å²) in [4.78, 5) is 16.2. The number of hydrogen-bond acceptors (Lipinski definition) is 4. The first-order valence-electron chi connectivity index (χ1n) is 11.2. The predicted molar refractivity (Wildman–Crippen MR) is 124 cm³/mol. The number of nitrogens with zero attached hydrogens (tertiary/aromatic N) is 2. The molecule has 1 aromatic heterocycles. The molecule has 1 N–H and O–H groups in total. The number of ether oxygens (including phenoxy) is 2. The Balaban J connectivity index is 1.52. The minimum atomic E-state index is 0.123. The fourth-order valence-corrected chi connectivity index (χ4v) is 3.61. The number of unbranched alkanes of at least 4 members (excludes halogenated alkanes) is 2. The summed E-state index contributed by atoms with van der Waals surface area (Å²) < 4.78 is 13.5. The van der Waals surface area contributed by atoms with Gasteiger partial charge in [0.05, 0.1) is 24.8 Å². The van der Waals surface area contributed by atoms with Crippen LogP contribution in [-0.4, -0.2) is 35.7 Å². The second kappa shape index (κ2) is 12.0. The van der Waals surface area contributed by atoms with E-state index in [-0.39, 0.29) is 5.91 Å². The van der Waals surface area contributed by atoms with Crippen LogP contribution < -0.4 is 14.8 Å². The van der Waals surface area contributed by atoms with Crippen molar-refractivity contribution in [1.82, 2.24) is 14.9 Å². The molecule has 0 radical (unpaired) electrons. The molecule has 1 amide bonds. The van der Waals surface area contributed by atoms with Crippen molar-refractivity contribution in [1.29, 1.82) is 0 Å². The number of fused-ring (bicyclic) bond motifs is 1. The number of benzene rings is 2. The largest absolute Gasteiger partial charge is 0.497 e. The number of carbonyl (C=O) groups is 1. The van der Waals surface area contributed by atoms with Crippen LogP contribution >= 0.6 is 0 Å². The number of amides is 1. The summed E-state index contributed by atoms with van der Waals surface area (Å²) in [6.45, 7) is 4.13. The second-order valence-corrected chi connectivity index (χ2v) is 7.56. The van der Waals surface area contributed by atoms with E-state index in [0.717, 1.165) is 68.0 Å². The van der Waals surface area contributed by atoms with Crippen molar-refractivity contribution >= 4 is 16.9 Å². The molecule has 0 saturated carbocycles. The van der Waals surface area contributed by atoms with E-state index in [4.69, 9.17) is 14.5 Å². The Morgan fingerprint density at radius 2 is 1.87 bits per heavy atom. The van der Waals surface area contributed by atoms with Gasteiger partial charge in [-0.1, -0.05) is 31.5 Å². The summed E-state index contributed by atoms with van der Waals surface area (Å²) in [7, 11) is 1.66. The maximum atomic E-state index is 11.3. The van der Waals surface area contributed by atoms with Crippen LogP contribution in [0.4, 0.5) is 0 Å². The lowest BCUT2D eigenvalue weighted by Crippen LogP contribution is -2.23. The van der Waals surface area contributed by atoms with E-state index in [9.17, 15) is 4.79 Å². The minimum absolute atomic E-state index is 0.123. The number of hydrogen-bond donors (Lipinski definition) is 1. The molecular formula is C25H33N3O3. The SMILES string of the molecule is CCC(=O)NCCCCCc1nc2ccccc2n1CCCOc1cccc(OC)c1. The molecule has 0 aliphatic heterocycles. The van der Waals surface area contributed by atoms with Gasteiger partial charge in [0.1, 0.15) is 17.3 Å². The van der Waals surface area contributed by atoms with Crippen LogP contribution in [0.15, 0.2) is 48.5 Å². The number of imidazole rings is 1. The number of nitrogens with one attached hydrogen (secondary N) is 1. The standard InChI is InChI=1S/C25H33N3O3/c1-3-25(29)26-16-8-4-5-15-24-27-22-13-6-7-14-23(22)28(24)17-10-18-31-21-12-9-11-20(19-21)30-2/h6-7,9,11-14,19H,3-5,8,10,15-18H2,1-2H3,(H,26,29). The third-order valence-corrected chi connectivity index (χ3v) is 5.29. The summed E-state index contributed by atoms with van der Waals surface area (Å²) in [6, 6.07) is 16.0. The van der Waals surface area contributed by atoms with Gasteiger partial charge in [-0.25, -0.2) is 4.98 Å². The van der Waals surface area contributed by atoms with Crippen LogP contribution in [0.2, 0.25) is 0 Å². The molecule has 6 heteroatoms. The van der Waals surface area contributed by atoms with E-state index in [1.54, 1.807) is 7.11 Å². The summed E-state index contributed by atoms with van der Waals surface area (Å²) >= 11 is 0. The molecule has 0 atom stereocenters. The van der Waals surface area contributed by atoms with Gasteiger partial charge in [0.2, 0.25) is 5.91 Å². The topological polar surface area (TPSA) is 65.4 Å². The lowest BCUT2D eigenvalue weighted by atomic mass is 10.2. The first kappa shape index (κ1) is 22.7. The van der Waals surface area contributed by atoms with E-state index < -0.39 is 0 Å². The van der Waals surface area contributed by atoms with Crippen LogP contribution in [-0.2, 0) is 17.8 Å². The van der Waals surface area contributed by atoms with Gasteiger partial charge in [-0.2, -0.15) is 0 Å². The van der Waals surface area contributed by atoms with Gasteiger partial charge >= 0.3 is 0 Å². The molecular weight excluding hydrogens is 390 g/mol. The molecule has 1 heterocycles. The van der Waals surface area contributed by atoms with Crippen molar-refractivity contribution in [3.63, 3.8) is 0 Å². The quantitative estimate of drug-likeness (QED) is 0.403. The van der Waals surface area contributed by atoms with Gasteiger partial charge in [0, 0.05) is 32.0 Å². The minimum Gasteiger partial charge on any atom is -0.497 e. The zero-order valence-electron chi connectivity index (χ0n) is 18.6. The Bertz CT molecular complexity index is 968. The number of methoxy groups -OCH3 is 1. The molecule has 3 aromatic rings. The van der Waals surface area contributed by atoms with Gasteiger partial charge in [-0.15, -0.1) is 0 Å². The van der Waals surface area contributed by atoms with Crippen LogP contribution in [0.5, 0.6) is 11.5 Å². The third-order valence-electron chi connectivity index (χ3n) is 5.29. The number of rotatable bonds is 13. The molecule has 3 rings (SSSR count). The maximum absolute atomic E-state index is 11.3. The first-order valence-corrected chi connectivity index (χ1v) is 11.2. The summed E-state index contributed by atoms with van der Waals surface area (Å²) in [5.41, 5.74) is 2.22. The van der Waals surface area contributed by atoms with Crippen LogP contribution in [0.3, 0.4) is 0 Å². The van der Waals surface area contributed by atoms with E-state index in [2.05, 4.69) is 28.1 Å². The lowest BCUT2D eigenvalue weighted by Gasteiger charge is -2.11. The molecule has 0 aliphatic carbocycles. The number of aryl methyl sites for hydroxylation is 2. The molecule has 0 bridgehead atoms. The summed E-state index contributed by atoms with van der Waals surface area (Å²) in [5.74, 6) is 2.87. The van der Waals surface area contributed by atoms with Gasteiger partial charge < -0.3 is 19.4 Å². The molecule has 6 nitrogen and oxygen atoms in total. The van der Waals surface area contributed by atoms with Crippen LogP contribution in [0, 0.1) is 0 Å². The zero-order valence-corrected chi connectivity index (χ0v) is 18.6.